The van der Waals surface area contributed by atoms with E-state index >= 15 is 0 Å². The highest BCUT2D eigenvalue weighted by atomic mass is 35.5. The minimum Gasteiger partial charge on any atom is -0.465 e. The lowest BCUT2D eigenvalue weighted by Gasteiger charge is -2.44. The van der Waals surface area contributed by atoms with Gasteiger partial charge in [-0.25, -0.2) is 4.79 Å². The Labute approximate surface area is 186 Å². The first kappa shape index (κ1) is 21.6. The summed E-state index contributed by atoms with van der Waals surface area (Å²) in [5.41, 5.74) is 3.27. The monoisotopic (exact) mass is 444 g/mol. The van der Waals surface area contributed by atoms with E-state index in [0.717, 1.165) is 16.8 Å². The van der Waals surface area contributed by atoms with E-state index in [1.54, 1.807) is 29.2 Å². The maximum atomic E-state index is 13.0. The number of carbonyl (C=O) groups excluding carboxylic acids is 2. The number of rotatable bonds is 5. The highest BCUT2D eigenvalue weighted by Gasteiger charge is 2.48. The number of alkyl halides is 1. The molecule has 0 fully saturated rings. The number of nitrogens with zero attached hydrogens (tertiary/aromatic N) is 1. The van der Waals surface area contributed by atoms with Crippen molar-refractivity contribution in [2.75, 3.05) is 20.1 Å². The molecule has 1 aromatic carbocycles. The number of amides is 1. The van der Waals surface area contributed by atoms with Crippen LogP contribution < -0.4 is 5.32 Å². The molecule has 2 N–H and O–H groups in total. The fraction of sp³-hybridized carbons (Fsp3) is 0.391. The van der Waals surface area contributed by atoms with E-state index in [-0.39, 0.29) is 23.7 Å². The quantitative estimate of drug-likeness (QED) is 0.411. The van der Waals surface area contributed by atoms with Crippen LogP contribution in [0, 0.1) is 5.92 Å². The molecular weight excluding hydrogens is 420 g/mol. The first-order valence-electron chi connectivity index (χ1n) is 10.1. The van der Waals surface area contributed by atoms with E-state index in [9.17, 15) is 14.7 Å². The predicted octanol–water partition coefficient (Wildman–Crippen LogP) is 2.29. The van der Waals surface area contributed by atoms with Crippen LogP contribution in [0.5, 0.6) is 0 Å². The highest BCUT2D eigenvalue weighted by molar-refractivity contribution is 6.27. The summed E-state index contributed by atoms with van der Waals surface area (Å²) in [6.07, 6.45) is 7.53. The number of aliphatic hydroxyl groups excluding tert-OH is 1. The molecule has 3 unspecified atom stereocenters. The van der Waals surface area contributed by atoms with E-state index in [0.29, 0.717) is 12.0 Å². The largest absolute Gasteiger partial charge is 0.465 e. The molecule has 2 aliphatic heterocycles. The molecule has 7 nitrogen and oxygen atoms in total. The SMILES string of the molecule is COC(=O)c1ccc([C@H]2C3=C(C[C@H](C(O)OC)N2C(=O)CCl)C2C=CC=CC2N3)cc1. The van der Waals surface area contributed by atoms with Gasteiger partial charge in [-0.1, -0.05) is 36.4 Å². The molecule has 1 aromatic rings. The molecule has 0 bridgehead atoms. The lowest BCUT2D eigenvalue weighted by Crippen LogP contribution is -2.53. The van der Waals surface area contributed by atoms with Crippen molar-refractivity contribution in [3.8, 4) is 0 Å². The lowest BCUT2D eigenvalue weighted by atomic mass is 9.82. The molecule has 0 saturated carbocycles. The van der Waals surface area contributed by atoms with Gasteiger partial charge in [0.25, 0.3) is 0 Å². The Morgan fingerprint density at radius 2 is 1.94 bits per heavy atom. The van der Waals surface area contributed by atoms with Gasteiger partial charge in [0.15, 0.2) is 6.29 Å². The summed E-state index contributed by atoms with van der Waals surface area (Å²) in [7, 11) is 2.74. The number of benzene rings is 1. The molecule has 4 rings (SSSR count). The van der Waals surface area contributed by atoms with E-state index in [1.165, 1.54) is 14.2 Å². The fourth-order valence-electron chi connectivity index (χ4n) is 4.72. The van der Waals surface area contributed by atoms with Crippen LogP contribution in [-0.2, 0) is 14.3 Å². The summed E-state index contributed by atoms with van der Waals surface area (Å²) >= 11 is 5.97. The Bertz CT molecular complexity index is 955. The van der Waals surface area contributed by atoms with Gasteiger partial charge < -0.3 is 24.8 Å². The summed E-state index contributed by atoms with van der Waals surface area (Å²) in [4.78, 5) is 26.4. The summed E-state index contributed by atoms with van der Waals surface area (Å²) in [6, 6.07) is 5.92. The van der Waals surface area contributed by atoms with Crippen molar-refractivity contribution in [3.05, 3.63) is 71.0 Å². The maximum absolute atomic E-state index is 13.0. The molecule has 0 radical (unpaired) electrons. The molecule has 31 heavy (non-hydrogen) atoms. The van der Waals surface area contributed by atoms with Crippen molar-refractivity contribution >= 4 is 23.5 Å². The van der Waals surface area contributed by atoms with Crippen molar-refractivity contribution in [2.24, 2.45) is 5.92 Å². The van der Waals surface area contributed by atoms with Crippen LogP contribution in [0.3, 0.4) is 0 Å². The first-order chi connectivity index (χ1) is 15.0. The zero-order valence-electron chi connectivity index (χ0n) is 17.3. The number of nitrogens with one attached hydrogen (secondary N) is 1. The summed E-state index contributed by atoms with van der Waals surface area (Å²) < 4.78 is 10.0. The van der Waals surface area contributed by atoms with Gasteiger partial charge in [-0.3, -0.25) is 4.79 Å². The van der Waals surface area contributed by atoms with Gasteiger partial charge in [0.1, 0.15) is 5.88 Å². The van der Waals surface area contributed by atoms with Crippen molar-refractivity contribution in [1.82, 2.24) is 10.2 Å². The third-order valence-corrected chi connectivity index (χ3v) is 6.39. The minimum absolute atomic E-state index is 0.0817. The first-order valence-corrected chi connectivity index (χ1v) is 10.6. The highest BCUT2D eigenvalue weighted by Crippen LogP contribution is 2.46. The smallest absolute Gasteiger partial charge is 0.337 e. The number of aliphatic hydroxyl groups is 1. The third kappa shape index (κ3) is 3.78. The Morgan fingerprint density at radius 1 is 1.23 bits per heavy atom. The van der Waals surface area contributed by atoms with Crippen LogP contribution in [0.4, 0.5) is 0 Å². The number of fused-ring (bicyclic) bond motifs is 2. The molecule has 3 aliphatic rings. The molecule has 0 aromatic heterocycles. The molecule has 1 aliphatic carbocycles. The maximum Gasteiger partial charge on any atom is 0.337 e. The summed E-state index contributed by atoms with van der Waals surface area (Å²) in [6.45, 7) is 0. The van der Waals surface area contributed by atoms with Gasteiger partial charge in [0, 0.05) is 18.7 Å². The predicted molar refractivity (Wildman–Crippen MR) is 115 cm³/mol. The Hall–Kier alpha value is -2.61. The Kier molecular flexibility index (Phi) is 6.18. The van der Waals surface area contributed by atoms with Crippen LogP contribution in [0.1, 0.15) is 28.4 Å². The molecule has 0 spiro atoms. The zero-order chi connectivity index (χ0) is 22.1. The van der Waals surface area contributed by atoms with Crippen LogP contribution in [0.25, 0.3) is 0 Å². The van der Waals surface area contributed by atoms with Crippen LogP contribution in [0.15, 0.2) is 59.8 Å². The molecule has 2 heterocycles. The van der Waals surface area contributed by atoms with Crippen molar-refractivity contribution in [2.45, 2.75) is 30.8 Å². The van der Waals surface area contributed by atoms with Gasteiger partial charge in [-0.05, 0) is 29.7 Å². The van der Waals surface area contributed by atoms with E-state index in [2.05, 4.69) is 17.5 Å². The molecule has 1 amide bonds. The average Bonchev–Trinajstić information content (AvgIpc) is 3.19. The number of hydrogen-bond acceptors (Lipinski definition) is 6. The van der Waals surface area contributed by atoms with Crippen LogP contribution in [-0.4, -0.2) is 60.4 Å². The second kappa shape index (κ2) is 8.86. The summed E-state index contributed by atoms with van der Waals surface area (Å²) in [5, 5.41) is 14.2. The van der Waals surface area contributed by atoms with Gasteiger partial charge >= 0.3 is 5.97 Å². The number of hydrogen-bond donors (Lipinski definition) is 2. The second-order valence-electron chi connectivity index (χ2n) is 7.75. The van der Waals surface area contributed by atoms with E-state index in [4.69, 9.17) is 21.1 Å². The minimum atomic E-state index is -1.17. The number of ether oxygens (including phenoxy) is 2. The Morgan fingerprint density at radius 3 is 2.58 bits per heavy atom. The van der Waals surface area contributed by atoms with Crippen molar-refractivity contribution in [3.63, 3.8) is 0 Å². The third-order valence-electron chi connectivity index (χ3n) is 6.16. The van der Waals surface area contributed by atoms with Crippen LogP contribution >= 0.6 is 11.6 Å². The number of methoxy groups -OCH3 is 2. The second-order valence-corrected chi connectivity index (χ2v) is 8.02. The number of halogens is 1. The fourth-order valence-corrected chi connectivity index (χ4v) is 4.86. The molecule has 164 valence electrons. The van der Waals surface area contributed by atoms with Crippen molar-refractivity contribution < 1.29 is 24.2 Å². The zero-order valence-corrected chi connectivity index (χ0v) is 18.1. The van der Waals surface area contributed by atoms with Crippen LogP contribution in [0.2, 0.25) is 0 Å². The summed E-state index contributed by atoms with van der Waals surface area (Å²) in [5.74, 6) is -0.827. The van der Waals surface area contributed by atoms with E-state index in [1.807, 2.05) is 12.2 Å². The molecule has 0 saturated heterocycles. The standard InChI is InChI=1S/C23H25ClN2O5/c1-30-22(28)14-9-7-13(8-10-14)21-20-16(15-5-3-4-6-17(15)25-20)11-18(23(29)31-2)26(21)19(27)12-24/h3-10,15,17-18,21,23,25,29H,11-12H2,1-2H3/t15?,17?,18-,21+,23?/m1/s1. The van der Waals surface area contributed by atoms with Gasteiger partial charge in [-0.15, -0.1) is 11.6 Å². The van der Waals surface area contributed by atoms with E-state index < -0.39 is 24.3 Å². The van der Waals surface area contributed by atoms with Gasteiger partial charge in [0.2, 0.25) is 5.91 Å². The normalized spacial score (nSPS) is 27.4. The average molecular weight is 445 g/mol. The molecule has 8 heteroatoms. The molecule has 5 atom stereocenters. The van der Waals surface area contributed by atoms with Gasteiger partial charge in [-0.2, -0.15) is 0 Å². The van der Waals surface area contributed by atoms with Gasteiger partial charge in [0.05, 0.1) is 30.8 Å². The molecular formula is C23H25ClN2O5. The number of esters is 1. The number of allylic oxidation sites excluding steroid dienone is 2. The topological polar surface area (TPSA) is 88.1 Å². The number of carbonyl (C=O) groups is 2. The Balaban J connectivity index is 1.83. The lowest BCUT2D eigenvalue weighted by molar-refractivity contribution is -0.157. The van der Waals surface area contributed by atoms with Crippen molar-refractivity contribution in [1.29, 1.82) is 0 Å².